The van der Waals surface area contributed by atoms with Gasteiger partial charge in [0.25, 0.3) is 0 Å². The van der Waals surface area contributed by atoms with Crippen molar-refractivity contribution in [2.24, 2.45) is 0 Å². The fraction of sp³-hybridized carbons (Fsp3) is 0. The van der Waals surface area contributed by atoms with Crippen LogP contribution in [0.15, 0.2) is 235 Å². The molecule has 0 amide bonds. The van der Waals surface area contributed by atoms with Crippen molar-refractivity contribution in [2.75, 3.05) is 4.90 Å². The van der Waals surface area contributed by atoms with Crippen LogP contribution in [0.5, 0.6) is 0 Å². The average Bonchev–Trinajstić information content (AvgIpc) is 3.89. The molecule has 0 spiro atoms. The molecule has 10 aromatic carbocycles. The summed E-state index contributed by atoms with van der Waals surface area (Å²) in [5.41, 5.74) is 15.6. The molecule has 0 N–H and O–H groups in total. The lowest BCUT2D eigenvalue weighted by Crippen LogP contribution is -2.10. The van der Waals surface area contributed by atoms with Gasteiger partial charge in [0.2, 0.25) is 0 Å². The predicted octanol–water partition coefficient (Wildman–Crippen LogP) is 16.3. The third kappa shape index (κ3) is 5.90. The summed E-state index contributed by atoms with van der Waals surface area (Å²) in [6.07, 6.45) is 0. The Morgan fingerprint density at radius 3 is 1.64 bits per heavy atom. The number of aromatic nitrogens is 1. The number of hydrogen-bond acceptors (Lipinski definition) is 2. The molecule has 0 saturated heterocycles. The Bertz CT molecular complexity index is 3560. The van der Waals surface area contributed by atoms with Crippen molar-refractivity contribution in [2.45, 2.75) is 0 Å². The average molecular weight is 779 g/mol. The molecule has 12 rings (SSSR count). The second-order valence-electron chi connectivity index (χ2n) is 15.7. The molecule has 0 aliphatic heterocycles. The van der Waals surface area contributed by atoms with Crippen LogP contribution >= 0.6 is 0 Å². The second-order valence-corrected chi connectivity index (χ2v) is 15.7. The Hall–Kier alpha value is -8.14. The lowest BCUT2D eigenvalue weighted by Gasteiger charge is -2.26. The zero-order valence-corrected chi connectivity index (χ0v) is 33.2. The highest BCUT2D eigenvalue weighted by molar-refractivity contribution is 6.19. The normalized spacial score (nSPS) is 11.6. The van der Waals surface area contributed by atoms with Crippen molar-refractivity contribution in [3.63, 3.8) is 0 Å². The minimum Gasteiger partial charge on any atom is -0.455 e. The van der Waals surface area contributed by atoms with Crippen molar-refractivity contribution in [3.05, 3.63) is 231 Å². The van der Waals surface area contributed by atoms with Gasteiger partial charge in [-0.2, -0.15) is 0 Å². The lowest BCUT2D eigenvalue weighted by molar-refractivity contribution is 0.672. The van der Waals surface area contributed by atoms with E-state index >= 15 is 0 Å². The van der Waals surface area contributed by atoms with E-state index < -0.39 is 0 Å². The maximum absolute atomic E-state index is 6.70. The minimum atomic E-state index is 0.864. The molecule has 0 radical (unpaired) electrons. The highest BCUT2D eigenvalue weighted by Crippen LogP contribution is 2.45. The number of benzene rings is 10. The molecule has 0 aliphatic carbocycles. The standard InChI is InChI=1S/C58H38N2O/c1-3-13-39(14-4-1)43-16-11-17-44(37-43)40-25-31-47(32-26-40)59(55-23-12-24-56-57(55)51-35-29-42-15-7-8-20-49(42)58(51)61-56)48-33-27-41(28-34-48)45-30-36-54-52(38-45)50-21-9-10-22-53(50)60(54)46-18-5-2-6-19-46/h1-38H. The van der Waals surface area contributed by atoms with Crippen molar-refractivity contribution < 1.29 is 4.42 Å². The number of rotatable bonds is 7. The first-order valence-electron chi connectivity index (χ1n) is 20.8. The maximum atomic E-state index is 6.70. The van der Waals surface area contributed by atoms with E-state index in [1.807, 2.05) is 0 Å². The van der Waals surface area contributed by atoms with Gasteiger partial charge < -0.3 is 13.9 Å². The third-order valence-electron chi connectivity index (χ3n) is 12.2. The molecule has 0 unspecified atom stereocenters. The molecule has 2 aromatic heterocycles. The van der Waals surface area contributed by atoms with Crippen LogP contribution in [0, 0.1) is 0 Å². The van der Waals surface area contributed by atoms with Crippen LogP contribution in [0.2, 0.25) is 0 Å². The van der Waals surface area contributed by atoms with E-state index in [2.05, 4.69) is 240 Å². The quantitative estimate of drug-likeness (QED) is 0.161. The highest BCUT2D eigenvalue weighted by atomic mass is 16.3. The molecule has 3 nitrogen and oxygen atoms in total. The molecule has 61 heavy (non-hydrogen) atoms. The monoisotopic (exact) mass is 778 g/mol. The van der Waals surface area contributed by atoms with Gasteiger partial charge >= 0.3 is 0 Å². The van der Waals surface area contributed by atoms with Crippen molar-refractivity contribution in [1.82, 2.24) is 4.57 Å². The van der Waals surface area contributed by atoms with Gasteiger partial charge in [-0.1, -0.05) is 152 Å². The minimum absolute atomic E-state index is 0.864. The maximum Gasteiger partial charge on any atom is 0.143 e. The van der Waals surface area contributed by atoms with E-state index in [9.17, 15) is 0 Å². The Balaban J connectivity index is 0.985. The SMILES string of the molecule is c1ccc(-c2cccc(-c3ccc(N(c4ccc(-c5ccc6c(c5)c5ccccc5n6-c5ccccc5)cc4)c4cccc5oc6c7ccccc7ccc6c45)cc3)c2)cc1. The number of furan rings is 1. The molecule has 12 aromatic rings. The van der Waals surface area contributed by atoms with Crippen LogP contribution < -0.4 is 4.90 Å². The highest BCUT2D eigenvalue weighted by Gasteiger charge is 2.21. The van der Waals surface area contributed by atoms with E-state index in [0.29, 0.717) is 0 Å². The predicted molar refractivity (Wildman–Crippen MR) is 257 cm³/mol. The number of fused-ring (bicyclic) bond motifs is 8. The number of hydrogen-bond donors (Lipinski definition) is 0. The fourth-order valence-electron chi connectivity index (χ4n) is 9.27. The van der Waals surface area contributed by atoms with Crippen molar-refractivity contribution in [3.8, 4) is 39.1 Å². The van der Waals surface area contributed by atoms with E-state index in [0.717, 1.165) is 61.0 Å². The summed E-state index contributed by atoms with van der Waals surface area (Å²) in [6, 6.07) is 82.8. The van der Waals surface area contributed by atoms with Gasteiger partial charge in [0.05, 0.1) is 22.1 Å². The van der Waals surface area contributed by atoms with E-state index in [-0.39, 0.29) is 0 Å². The van der Waals surface area contributed by atoms with Crippen molar-refractivity contribution in [1.29, 1.82) is 0 Å². The third-order valence-corrected chi connectivity index (χ3v) is 12.2. The first-order valence-corrected chi connectivity index (χ1v) is 20.8. The van der Waals surface area contributed by atoms with Gasteiger partial charge in [0, 0.05) is 38.6 Å². The molecule has 0 fully saturated rings. The fourth-order valence-corrected chi connectivity index (χ4v) is 9.27. The summed E-state index contributed by atoms with van der Waals surface area (Å²) in [6.45, 7) is 0. The van der Waals surface area contributed by atoms with Crippen LogP contribution in [0.3, 0.4) is 0 Å². The molecule has 0 bridgehead atoms. The second kappa shape index (κ2) is 14.3. The number of para-hydroxylation sites is 2. The molecular formula is C58H38N2O. The Labute approximate surface area is 353 Å². The first-order chi connectivity index (χ1) is 30.2. The van der Waals surface area contributed by atoms with Gasteiger partial charge in [0.15, 0.2) is 0 Å². The number of nitrogens with zero attached hydrogens (tertiary/aromatic N) is 2. The zero-order chi connectivity index (χ0) is 40.3. The lowest BCUT2D eigenvalue weighted by atomic mass is 9.98. The van der Waals surface area contributed by atoms with Crippen LogP contribution in [0.4, 0.5) is 17.1 Å². The summed E-state index contributed by atoms with van der Waals surface area (Å²) >= 11 is 0. The zero-order valence-electron chi connectivity index (χ0n) is 33.2. The first kappa shape index (κ1) is 34.9. The smallest absolute Gasteiger partial charge is 0.143 e. The Morgan fingerprint density at radius 1 is 0.344 bits per heavy atom. The molecule has 286 valence electrons. The van der Waals surface area contributed by atoms with Gasteiger partial charge in [-0.3, -0.25) is 0 Å². The van der Waals surface area contributed by atoms with Crippen LogP contribution in [-0.4, -0.2) is 4.57 Å². The summed E-state index contributed by atoms with van der Waals surface area (Å²) in [5, 5.41) is 6.95. The summed E-state index contributed by atoms with van der Waals surface area (Å²) in [4.78, 5) is 2.37. The van der Waals surface area contributed by atoms with Gasteiger partial charge in [-0.15, -0.1) is 0 Å². The van der Waals surface area contributed by atoms with Gasteiger partial charge in [-0.05, 0) is 118 Å². The molecular weight excluding hydrogens is 741 g/mol. The van der Waals surface area contributed by atoms with Crippen LogP contribution in [0.25, 0.3) is 93.6 Å². The Kier molecular flexibility index (Phi) is 8.17. The van der Waals surface area contributed by atoms with E-state index in [4.69, 9.17) is 4.42 Å². The summed E-state index contributed by atoms with van der Waals surface area (Å²) in [7, 11) is 0. The largest absolute Gasteiger partial charge is 0.455 e. The van der Waals surface area contributed by atoms with Gasteiger partial charge in [-0.25, -0.2) is 0 Å². The summed E-state index contributed by atoms with van der Waals surface area (Å²) < 4.78 is 9.06. The van der Waals surface area contributed by atoms with Crippen molar-refractivity contribution >= 4 is 71.6 Å². The molecule has 0 atom stereocenters. The molecule has 0 saturated carbocycles. The van der Waals surface area contributed by atoms with Crippen LogP contribution in [-0.2, 0) is 0 Å². The summed E-state index contributed by atoms with van der Waals surface area (Å²) in [5.74, 6) is 0. The van der Waals surface area contributed by atoms with Crippen LogP contribution in [0.1, 0.15) is 0 Å². The number of anilines is 3. The molecule has 3 heteroatoms. The van der Waals surface area contributed by atoms with E-state index in [1.54, 1.807) is 0 Å². The van der Waals surface area contributed by atoms with Gasteiger partial charge in [0.1, 0.15) is 11.2 Å². The molecule has 2 heterocycles. The topological polar surface area (TPSA) is 21.3 Å². The molecule has 0 aliphatic rings. The van der Waals surface area contributed by atoms with E-state index in [1.165, 1.54) is 49.6 Å². The Morgan fingerprint density at radius 2 is 0.902 bits per heavy atom.